The molecule has 0 aliphatic carbocycles. The molecule has 12 N–H and O–H groups in total. The van der Waals surface area contributed by atoms with E-state index in [1.165, 1.54) is 12.1 Å². The number of phenolic OH excluding ortho intramolecular Hbond substituents is 1. The highest BCUT2D eigenvalue weighted by atomic mass is 16.3. The molecule has 17 heteroatoms. The molecule has 1 fully saturated rings. The molecule has 4 atom stereocenters. The molecule has 1 aliphatic heterocycles. The van der Waals surface area contributed by atoms with Gasteiger partial charge in [-0.05, 0) is 73.4 Å². The summed E-state index contributed by atoms with van der Waals surface area (Å²) in [5.74, 6) is -2.82. The minimum Gasteiger partial charge on any atom is -0.508 e. The van der Waals surface area contributed by atoms with E-state index in [2.05, 4.69) is 41.9 Å². The number of amides is 6. The number of guanidine groups is 1. The Labute approximate surface area is 379 Å². The lowest BCUT2D eigenvalue weighted by atomic mass is 10.0. The van der Waals surface area contributed by atoms with Gasteiger partial charge in [0, 0.05) is 68.8 Å². The number of carbonyl (C=O) groups is 6. The van der Waals surface area contributed by atoms with Crippen LogP contribution < -0.4 is 43.4 Å². The molecule has 0 unspecified atom stereocenters. The van der Waals surface area contributed by atoms with Crippen LogP contribution in [0.2, 0.25) is 0 Å². The predicted molar refractivity (Wildman–Crippen MR) is 249 cm³/mol. The zero-order valence-corrected chi connectivity index (χ0v) is 36.9. The van der Waals surface area contributed by atoms with Crippen molar-refractivity contribution in [1.82, 2.24) is 36.9 Å². The van der Waals surface area contributed by atoms with Crippen molar-refractivity contribution in [3.63, 3.8) is 0 Å². The van der Waals surface area contributed by atoms with Gasteiger partial charge in [0.05, 0.1) is 0 Å². The average molecular weight is 893 g/mol. The Balaban J connectivity index is 1.44. The normalized spacial score (nSPS) is 20.8. The third-order valence-electron chi connectivity index (χ3n) is 11.3. The van der Waals surface area contributed by atoms with Gasteiger partial charge in [0.15, 0.2) is 5.96 Å². The number of nitrogens with one attached hydrogen (secondary N) is 7. The third kappa shape index (κ3) is 17.0. The molecule has 3 aromatic carbocycles. The largest absolute Gasteiger partial charge is 0.508 e. The lowest BCUT2D eigenvalue weighted by Gasteiger charge is -2.27. The number of carbonyl (C=O) groups excluding carboxylic acids is 6. The second-order valence-electron chi connectivity index (χ2n) is 16.5. The minimum absolute atomic E-state index is 0.0403. The predicted octanol–water partition coefficient (Wildman–Crippen LogP) is 2.65. The van der Waals surface area contributed by atoms with Crippen LogP contribution in [0.4, 0.5) is 0 Å². The zero-order chi connectivity index (χ0) is 46.4. The van der Waals surface area contributed by atoms with Gasteiger partial charge >= 0.3 is 0 Å². The van der Waals surface area contributed by atoms with E-state index in [9.17, 15) is 33.9 Å². The van der Waals surface area contributed by atoms with Crippen molar-refractivity contribution in [3.05, 3.63) is 102 Å². The van der Waals surface area contributed by atoms with Gasteiger partial charge in [0.25, 0.3) is 0 Å². The van der Waals surface area contributed by atoms with E-state index < -0.39 is 47.8 Å². The van der Waals surface area contributed by atoms with E-state index >= 15 is 0 Å². The number of nitrogens with zero attached hydrogens (tertiary/aromatic N) is 1. The lowest BCUT2D eigenvalue weighted by Crippen LogP contribution is -2.59. The summed E-state index contributed by atoms with van der Waals surface area (Å²) in [5.41, 5.74) is 14.2. The highest BCUT2D eigenvalue weighted by molar-refractivity contribution is 5.96. The van der Waals surface area contributed by atoms with Crippen molar-refractivity contribution in [3.8, 4) is 5.75 Å². The molecule has 1 aromatic heterocycles. The maximum atomic E-state index is 14.5. The maximum Gasteiger partial charge on any atom is 0.243 e. The number of H-pyrrole nitrogens is 1. The maximum absolute atomic E-state index is 14.5. The number of aliphatic imine (C=N–C) groups is 1. The van der Waals surface area contributed by atoms with Gasteiger partial charge < -0.3 is 53.5 Å². The van der Waals surface area contributed by atoms with Crippen molar-refractivity contribution >= 4 is 52.3 Å². The Morgan fingerprint density at radius 2 is 1.12 bits per heavy atom. The number of rotatable bonds is 10. The zero-order valence-electron chi connectivity index (χ0n) is 36.9. The van der Waals surface area contributed by atoms with Crippen molar-refractivity contribution in [2.45, 2.75) is 114 Å². The number of aromatic amines is 1. The average Bonchev–Trinajstić information content (AvgIpc) is 3.70. The van der Waals surface area contributed by atoms with Gasteiger partial charge in [-0.1, -0.05) is 79.9 Å². The van der Waals surface area contributed by atoms with Gasteiger partial charge in [-0.3, -0.25) is 33.8 Å². The standard InChI is InChI=1S/C48H64N10O7/c49-48(50)53-27-13-18-38-45(63)58-41(30-34-31-54-37-17-10-9-16-36(34)37)44(62)52-26-12-4-8-19-42(60)51-25-11-2-1-7-20-43(61)55-39(29-33-21-23-35(59)24-22-33)46(64)57-40(47(65)56-38)28-32-14-5-3-6-15-32/h3,5-6,9-10,14-17,21-24,31,38-41,54,59H,1-2,4,7-8,11-13,18-20,25-30H2,(H,51,60)(H,52,62)(H,55,61)(H,56,65)(H,57,64)(H,58,63)(H4,49,50,53)/t38-,39-,40+,41-/m0/s1. The number of nitrogens with two attached hydrogens (primary N) is 2. The highest BCUT2D eigenvalue weighted by Crippen LogP contribution is 2.20. The van der Waals surface area contributed by atoms with E-state index in [1.54, 1.807) is 18.3 Å². The number of hydrogen-bond acceptors (Lipinski definition) is 8. The number of aromatic hydroxyl groups is 1. The Bertz CT molecular complexity index is 2210. The van der Waals surface area contributed by atoms with Crippen LogP contribution in [0.5, 0.6) is 5.75 Å². The SMILES string of the molecule is NC(N)=NCCC[C@@H]1NC(=O)[C@@H](Cc2ccccc2)NC(=O)[C@H](Cc2ccc(O)cc2)NC(=O)CCCCCCNC(=O)CCCCCNC(=O)[C@H](Cc2c[nH]c3ccccc23)NC1=O. The number of hydrogen-bond donors (Lipinski definition) is 10. The molecule has 0 saturated carbocycles. The Morgan fingerprint density at radius 3 is 1.83 bits per heavy atom. The Morgan fingerprint density at radius 1 is 0.569 bits per heavy atom. The Hall–Kier alpha value is -6.91. The molecule has 0 spiro atoms. The molecule has 1 saturated heterocycles. The number of benzene rings is 3. The molecule has 2 heterocycles. The first-order valence-electron chi connectivity index (χ1n) is 22.6. The molecule has 0 bridgehead atoms. The summed E-state index contributed by atoms with van der Waals surface area (Å²) in [6, 6.07) is 18.4. The lowest BCUT2D eigenvalue weighted by molar-refractivity contribution is -0.134. The van der Waals surface area contributed by atoms with Crippen LogP contribution in [0.25, 0.3) is 10.9 Å². The summed E-state index contributed by atoms with van der Waals surface area (Å²) in [6.45, 7) is 1.01. The minimum atomic E-state index is -1.20. The van der Waals surface area contributed by atoms with Gasteiger partial charge in [0.1, 0.15) is 29.9 Å². The van der Waals surface area contributed by atoms with Crippen LogP contribution in [0.3, 0.4) is 0 Å². The second kappa shape index (κ2) is 26.0. The molecular weight excluding hydrogens is 829 g/mol. The molecular formula is C48H64N10O7. The molecule has 1 aliphatic rings. The van der Waals surface area contributed by atoms with E-state index in [-0.39, 0.29) is 68.6 Å². The summed E-state index contributed by atoms with van der Waals surface area (Å²) in [4.78, 5) is 90.2. The number of para-hydroxylation sites is 1. The summed E-state index contributed by atoms with van der Waals surface area (Å²) in [7, 11) is 0. The van der Waals surface area contributed by atoms with Gasteiger partial charge in [0.2, 0.25) is 35.4 Å². The summed E-state index contributed by atoms with van der Waals surface area (Å²) in [6.07, 6.45) is 7.76. The summed E-state index contributed by atoms with van der Waals surface area (Å²) >= 11 is 0. The quantitative estimate of drug-likeness (QED) is 0.0636. The van der Waals surface area contributed by atoms with E-state index in [0.717, 1.165) is 41.3 Å². The second-order valence-corrected chi connectivity index (χ2v) is 16.5. The van der Waals surface area contributed by atoms with Crippen molar-refractivity contribution in [1.29, 1.82) is 0 Å². The van der Waals surface area contributed by atoms with Gasteiger partial charge in [-0.25, -0.2) is 0 Å². The first-order chi connectivity index (χ1) is 31.4. The first kappa shape index (κ1) is 49.1. The van der Waals surface area contributed by atoms with Gasteiger partial charge in [-0.2, -0.15) is 0 Å². The number of fused-ring (bicyclic) bond motifs is 1. The van der Waals surface area contributed by atoms with Crippen LogP contribution >= 0.6 is 0 Å². The molecule has 4 aromatic rings. The highest BCUT2D eigenvalue weighted by Gasteiger charge is 2.32. The van der Waals surface area contributed by atoms with Crippen LogP contribution in [0, 0.1) is 0 Å². The first-order valence-corrected chi connectivity index (χ1v) is 22.6. The summed E-state index contributed by atoms with van der Waals surface area (Å²) < 4.78 is 0. The fourth-order valence-electron chi connectivity index (χ4n) is 7.72. The van der Waals surface area contributed by atoms with E-state index in [4.69, 9.17) is 11.5 Å². The molecule has 0 radical (unpaired) electrons. The third-order valence-corrected chi connectivity index (χ3v) is 11.3. The van der Waals surface area contributed by atoms with Gasteiger partial charge in [-0.15, -0.1) is 0 Å². The van der Waals surface area contributed by atoms with Crippen molar-refractivity contribution < 1.29 is 33.9 Å². The van der Waals surface area contributed by atoms with E-state index in [1.807, 2.05) is 54.6 Å². The topological polar surface area (TPSA) is 275 Å². The molecule has 348 valence electrons. The van der Waals surface area contributed by atoms with Crippen LogP contribution in [0.1, 0.15) is 87.3 Å². The van der Waals surface area contributed by atoms with Crippen LogP contribution in [0.15, 0.2) is 90.1 Å². The fraction of sp³-hybridized carbons (Fsp3) is 0.438. The molecule has 17 nitrogen and oxygen atoms in total. The number of aromatic nitrogens is 1. The fourth-order valence-corrected chi connectivity index (χ4v) is 7.72. The van der Waals surface area contributed by atoms with Crippen molar-refractivity contribution in [2.24, 2.45) is 16.5 Å². The van der Waals surface area contributed by atoms with Crippen LogP contribution in [-0.2, 0) is 48.0 Å². The van der Waals surface area contributed by atoms with E-state index in [0.29, 0.717) is 50.8 Å². The monoisotopic (exact) mass is 892 g/mol. The van der Waals surface area contributed by atoms with Crippen molar-refractivity contribution in [2.75, 3.05) is 19.6 Å². The smallest absolute Gasteiger partial charge is 0.243 e. The Kier molecular flexibility index (Phi) is 19.7. The molecule has 5 rings (SSSR count). The number of phenols is 1. The molecule has 6 amide bonds. The summed E-state index contributed by atoms with van der Waals surface area (Å²) in [5, 5.41) is 28.2. The van der Waals surface area contributed by atoms with Crippen LogP contribution in [-0.4, -0.2) is 95.3 Å². The molecule has 65 heavy (non-hydrogen) atoms.